The van der Waals surface area contributed by atoms with Crippen LogP contribution in [-0.2, 0) is 19.1 Å². The van der Waals surface area contributed by atoms with Gasteiger partial charge in [-0.2, -0.15) is 0 Å². The fourth-order valence-electron chi connectivity index (χ4n) is 1.29. The van der Waals surface area contributed by atoms with Crippen LogP contribution in [0.25, 0.3) is 0 Å². The third-order valence-electron chi connectivity index (χ3n) is 2.35. The van der Waals surface area contributed by atoms with Gasteiger partial charge < -0.3 is 9.64 Å². The Morgan fingerprint density at radius 3 is 2.11 bits per heavy atom. The Hall–Kier alpha value is -1.43. The summed E-state index contributed by atoms with van der Waals surface area (Å²) in [6, 6.07) is 0. The van der Waals surface area contributed by atoms with Gasteiger partial charge in [-0.3, -0.25) is 19.3 Å². The first-order chi connectivity index (χ1) is 8.40. The average Bonchev–Trinajstić information content (AvgIpc) is 2.27. The van der Waals surface area contributed by atoms with Crippen molar-refractivity contribution in [2.75, 3.05) is 40.3 Å². The minimum absolute atomic E-state index is 0.0687. The van der Waals surface area contributed by atoms with E-state index in [4.69, 9.17) is 4.74 Å². The molecule has 6 nitrogen and oxygen atoms in total. The first-order valence-electron chi connectivity index (χ1n) is 6.00. The van der Waals surface area contributed by atoms with E-state index in [9.17, 15) is 14.4 Å². The van der Waals surface area contributed by atoms with Crippen molar-refractivity contribution >= 4 is 17.7 Å². The monoisotopic (exact) mass is 258 g/mol. The molecule has 0 N–H and O–H groups in total. The Labute approximate surface area is 108 Å². The number of carbonyl (C=O) groups is 3. The van der Waals surface area contributed by atoms with Gasteiger partial charge in [-0.05, 0) is 13.5 Å². The van der Waals surface area contributed by atoms with Crippen LogP contribution in [0.1, 0.15) is 20.3 Å². The lowest BCUT2D eigenvalue weighted by molar-refractivity contribution is -0.145. The molecule has 0 aromatic rings. The van der Waals surface area contributed by atoms with Crippen molar-refractivity contribution in [2.24, 2.45) is 0 Å². The maximum Gasteiger partial charge on any atom is 0.313 e. The molecule has 1 amide bonds. The van der Waals surface area contributed by atoms with Crippen LogP contribution in [0, 0.1) is 0 Å². The predicted molar refractivity (Wildman–Crippen MR) is 67.1 cm³/mol. The molecule has 0 rings (SSSR count). The molecule has 6 heteroatoms. The molecule has 0 aromatic carbocycles. The van der Waals surface area contributed by atoms with Crippen molar-refractivity contribution in [2.45, 2.75) is 20.3 Å². The van der Waals surface area contributed by atoms with E-state index in [2.05, 4.69) is 0 Å². The summed E-state index contributed by atoms with van der Waals surface area (Å²) in [4.78, 5) is 37.4. The van der Waals surface area contributed by atoms with Crippen LogP contribution in [0.15, 0.2) is 0 Å². The van der Waals surface area contributed by atoms with Crippen LogP contribution >= 0.6 is 0 Å². The maximum atomic E-state index is 11.6. The van der Waals surface area contributed by atoms with Gasteiger partial charge in [0.25, 0.3) is 0 Å². The van der Waals surface area contributed by atoms with Crippen molar-refractivity contribution in [1.82, 2.24) is 9.80 Å². The van der Waals surface area contributed by atoms with E-state index >= 15 is 0 Å². The molecular formula is C12H22N2O4. The first-order valence-corrected chi connectivity index (χ1v) is 6.00. The number of ketones is 1. The molecule has 0 saturated carbocycles. The summed E-state index contributed by atoms with van der Waals surface area (Å²) in [6.07, 6.45) is -0.236. The second kappa shape index (κ2) is 8.63. The van der Waals surface area contributed by atoms with Gasteiger partial charge in [-0.15, -0.1) is 0 Å². The number of Topliss-reactive ketones (excluding diaryl/α,β-unsaturated/α-hetero) is 1. The molecule has 0 atom stereocenters. The number of nitrogens with zero attached hydrogens (tertiary/aromatic N) is 2. The largest absolute Gasteiger partial charge is 0.466 e. The highest BCUT2D eigenvalue weighted by Crippen LogP contribution is 1.95. The lowest BCUT2D eigenvalue weighted by Gasteiger charge is -2.20. The Kier molecular flexibility index (Phi) is 7.94. The maximum absolute atomic E-state index is 11.6. The van der Waals surface area contributed by atoms with Gasteiger partial charge in [0, 0.05) is 14.1 Å². The standard InChI is InChI=1S/C12H22N2O4/c1-5-14(9-11(16)13(3)4)8-10(15)7-12(17)18-6-2/h5-9H2,1-4H3. The van der Waals surface area contributed by atoms with E-state index in [0.717, 1.165) is 0 Å². The summed E-state index contributed by atoms with van der Waals surface area (Å²) in [7, 11) is 3.33. The number of esters is 1. The highest BCUT2D eigenvalue weighted by molar-refractivity contribution is 5.96. The Morgan fingerprint density at radius 2 is 1.67 bits per heavy atom. The number of ether oxygens (including phenoxy) is 1. The number of hydrogen-bond donors (Lipinski definition) is 0. The number of likely N-dealkylation sites (N-methyl/N-ethyl adjacent to an activating group) is 2. The highest BCUT2D eigenvalue weighted by atomic mass is 16.5. The quantitative estimate of drug-likeness (QED) is 0.450. The van der Waals surface area contributed by atoms with Gasteiger partial charge in [0.05, 0.1) is 19.7 Å². The number of carbonyl (C=O) groups excluding carboxylic acids is 3. The van der Waals surface area contributed by atoms with E-state index < -0.39 is 5.97 Å². The fraction of sp³-hybridized carbons (Fsp3) is 0.750. The molecule has 0 bridgehead atoms. The number of rotatable bonds is 8. The minimum atomic E-state index is -0.516. The Bertz CT molecular complexity index is 302. The zero-order valence-electron chi connectivity index (χ0n) is 11.6. The Balaban J connectivity index is 4.16. The second-order valence-electron chi connectivity index (χ2n) is 4.11. The molecule has 0 spiro atoms. The number of hydrogen-bond acceptors (Lipinski definition) is 5. The lowest BCUT2D eigenvalue weighted by Crippen LogP contribution is -2.39. The van der Waals surface area contributed by atoms with Gasteiger partial charge in [0.15, 0.2) is 5.78 Å². The SMILES string of the molecule is CCOC(=O)CC(=O)CN(CC)CC(=O)N(C)C. The van der Waals surface area contributed by atoms with Gasteiger partial charge in [-0.25, -0.2) is 0 Å². The van der Waals surface area contributed by atoms with Gasteiger partial charge in [0.1, 0.15) is 6.42 Å². The molecule has 0 unspecified atom stereocenters. The van der Waals surface area contributed by atoms with Gasteiger partial charge in [-0.1, -0.05) is 6.92 Å². The zero-order chi connectivity index (χ0) is 14.1. The van der Waals surface area contributed by atoms with E-state index in [1.807, 2.05) is 6.92 Å². The summed E-state index contributed by atoms with van der Waals surface area (Å²) in [5.41, 5.74) is 0. The summed E-state index contributed by atoms with van der Waals surface area (Å²) in [6.45, 7) is 4.67. The van der Waals surface area contributed by atoms with Crippen molar-refractivity contribution in [3.63, 3.8) is 0 Å². The third-order valence-corrected chi connectivity index (χ3v) is 2.35. The summed E-state index contributed by atoms with van der Waals surface area (Å²) < 4.78 is 4.69. The summed E-state index contributed by atoms with van der Waals surface area (Å²) >= 11 is 0. The number of amides is 1. The molecule has 104 valence electrons. The molecule has 0 aromatic heterocycles. The molecule has 0 saturated heterocycles. The molecule has 18 heavy (non-hydrogen) atoms. The van der Waals surface area contributed by atoms with Crippen molar-refractivity contribution in [3.05, 3.63) is 0 Å². The molecule has 0 aliphatic carbocycles. The van der Waals surface area contributed by atoms with Crippen molar-refractivity contribution in [1.29, 1.82) is 0 Å². The average molecular weight is 258 g/mol. The molecular weight excluding hydrogens is 236 g/mol. The van der Waals surface area contributed by atoms with Gasteiger partial charge >= 0.3 is 5.97 Å². The van der Waals surface area contributed by atoms with E-state index in [0.29, 0.717) is 6.54 Å². The second-order valence-corrected chi connectivity index (χ2v) is 4.11. The normalized spacial score (nSPS) is 10.3. The van der Waals surface area contributed by atoms with Crippen molar-refractivity contribution < 1.29 is 19.1 Å². The zero-order valence-corrected chi connectivity index (χ0v) is 11.6. The lowest BCUT2D eigenvalue weighted by atomic mass is 10.2. The summed E-state index contributed by atoms with van der Waals surface area (Å²) in [5, 5.41) is 0. The van der Waals surface area contributed by atoms with E-state index in [-0.39, 0.29) is 37.8 Å². The first kappa shape index (κ1) is 16.6. The van der Waals surface area contributed by atoms with Crippen LogP contribution in [0.2, 0.25) is 0 Å². The Morgan fingerprint density at radius 1 is 1.06 bits per heavy atom. The topological polar surface area (TPSA) is 66.9 Å². The fourth-order valence-corrected chi connectivity index (χ4v) is 1.29. The van der Waals surface area contributed by atoms with Crippen LogP contribution in [0.4, 0.5) is 0 Å². The van der Waals surface area contributed by atoms with Crippen LogP contribution in [-0.4, -0.2) is 67.8 Å². The predicted octanol–water partition coefficient (Wildman–Crippen LogP) is -0.0812. The van der Waals surface area contributed by atoms with Crippen LogP contribution < -0.4 is 0 Å². The smallest absolute Gasteiger partial charge is 0.313 e. The molecule has 0 aliphatic heterocycles. The van der Waals surface area contributed by atoms with Gasteiger partial charge in [0.2, 0.25) is 5.91 Å². The van der Waals surface area contributed by atoms with Crippen LogP contribution in [0.5, 0.6) is 0 Å². The van der Waals surface area contributed by atoms with Crippen molar-refractivity contribution in [3.8, 4) is 0 Å². The minimum Gasteiger partial charge on any atom is -0.466 e. The summed E-state index contributed by atoms with van der Waals surface area (Å²) in [5.74, 6) is -0.819. The van der Waals surface area contributed by atoms with Crippen LogP contribution in [0.3, 0.4) is 0 Å². The highest BCUT2D eigenvalue weighted by Gasteiger charge is 2.16. The molecule has 0 fully saturated rings. The molecule has 0 radical (unpaired) electrons. The molecule has 0 heterocycles. The van der Waals surface area contributed by atoms with E-state index in [1.54, 1.807) is 25.9 Å². The van der Waals surface area contributed by atoms with E-state index in [1.165, 1.54) is 4.90 Å². The third kappa shape index (κ3) is 7.01. The molecule has 0 aliphatic rings.